The molecule has 0 radical (unpaired) electrons. The zero-order valence-corrected chi connectivity index (χ0v) is 18.3. The lowest BCUT2D eigenvalue weighted by molar-refractivity contribution is -0.166. The number of ether oxygens (including phenoxy) is 2. The smallest absolute Gasteiger partial charge is 0.339 e. The summed E-state index contributed by atoms with van der Waals surface area (Å²) >= 11 is 13.3. The highest BCUT2D eigenvalue weighted by Gasteiger charge is 2.39. The normalized spacial score (nSPS) is 14.2. The summed E-state index contributed by atoms with van der Waals surface area (Å²) in [5, 5.41) is 21.6. The molecular weight excluding hydrogens is 427 g/mol. The van der Waals surface area contributed by atoms with Gasteiger partial charge in [-0.1, -0.05) is 42.1 Å². The first-order valence-corrected chi connectivity index (χ1v) is 10.7. The maximum absolute atomic E-state index is 11.8. The van der Waals surface area contributed by atoms with Gasteiger partial charge >= 0.3 is 11.9 Å². The largest absolute Gasteiger partial charge is 0.469 e. The number of esters is 2. The number of aliphatic hydroxyl groups is 2. The highest BCUT2D eigenvalue weighted by Crippen LogP contribution is 2.29. The molecule has 158 valence electrons. The first-order valence-electron chi connectivity index (χ1n) is 8.82. The highest BCUT2D eigenvalue weighted by atomic mass is 35.5. The number of halogens is 2. The molecule has 0 aliphatic rings. The van der Waals surface area contributed by atoms with Crippen molar-refractivity contribution in [3.63, 3.8) is 0 Å². The van der Waals surface area contributed by atoms with E-state index < -0.39 is 30.1 Å². The third-order valence-corrected chi connectivity index (χ3v) is 5.98. The molecule has 0 fully saturated rings. The first-order chi connectivity index (χ1) is 13.2. The fraction of sp³-hybridized carbons (Fsp3) is 0.579. The van der Waals surface area contributed by atoms with E-state index in [2.05, 4.69) is 9.47 Å². The van der Waals surface area contributed by atoms with Gasteiger partial charge in [0.2, 0.25) is 0 Å². The van der Waals surface area contributed by atoms with Gasteiger partial charge in [0.1, 0.15) is 0 Å². The zero-order chi connectivity index (χ0) is 21.2. The number of hydrogen-bond acceptors (Lipinski definition) is 7. The summed E-state index contributed by atoms with van der Waals surface area (Å²) in [6.07, 6.45) is 1.97. The van der Waals surface area contributed by atoms with Crippen molar-refractivity contribution in [1.82, 2.24) is 0 Å². The molecule has 6 nitrogen and oxygen atoms in total. The van der Waals surface area contributed by atoms with E-state index >= 15 is 0 Å². The Bertz CT molecular complexity index is 657. The quantitative estimate of drug-likeness (QED) is 0.368. The Morgan fingerprint density at radius 1 is 1.18 bits per heavy atom. The van der Waals surface area contributed by atoms with Crippen molar-refractivity contribution in [3.8, 4) is 0 Å². The molecule has 0 saturated carbocycles. The van der Waals surface area contributed by atoms with Gasteiger partial charge in [-0.2, -0.15) is 11.8 Å². The summed E-state index contributed by atoms with van der Waals surface area (Å²) < 4.78 is 9.10. The van der Waals surface area contributed by atoms with Gasteiger partial charge in [0, 0.05) is 15.8 Å². The number of benzene rings is 1. The van der Waals surface area contributed by atoms with Gasteiger partial charge in [0.25, 0.3) is 0 Å². The summed E-state index contributed by atoms with van der Waals surface area (Å²) in [6, 6.07) is 5.02. The fourth-order valence-corrected chi connectivity index (χ4v) is 4.21. The predicted molar refractivity (Wildman–Crippen MR) is 111 cm³/mol. The third kappa shape index (κ3) is 8.17. The van der Waals surface area contributed by atoms with Gasteiger partial charge in [-0.15, -0.1) is 0 Å². The average molecular weight is 453 g/mol. The van der Waals surface area contributed by atoms with Crippen molar-refractivity contribution in [3.05, 3.63) is 33.8 Å². The van der Waals surface area contributed by atoms with Gasteiger partial charge in [-0.05, 0) is 36.3 Å². The Labute approximate surface area is 179 Å². The molecule has 0 heterocycles. The van der Waals surface area contributed by atoms with Crippen LogP contribution >= 0.6 is 35.0 Å². The maximum atomic E-state index is 11.8. The Kier molecular flexibility index (Phi) is 11.2. The molecule has 2 unspecified atom stereocenters. The highest BCUT2D eigenvalue weighted by molar-refractivity contribution is 7.99. The second-order valence-electron chi connectivity index (χ2n) is 6.36. The van der Waals surface area contributed by atoms with E-state index in [-0.39, 0.29) is 5.75 Å². The van der Waals surface area contributed by atoms with Crippen LogP contribution in [0, 0.1) is 0 Å². The van der Waals surface area contributed by atoms with Gasteiger partial charge in [0.05, 0.1) is 26.7 Å². The molecule has 1 aromatic carbocycles. The van der Waals surface area contributed by atoms with Gasteiger partial charge in [-0.3, -0.25) is 4.79 Å². The van der Waals surface area contributed by atoms with E-state index in [4.69, 9.17) is 23.2 Å². The minimum atomic E-state index is -1.89. The molecular formula is C19H26Cl2O6S. The molecule has 0 saturated heterocycles. The van der Waals surface area contributed by atoms with Crippen LogP contribution in [-0.4, -0.2) is 53.5 Å². The van der Waals surface area contributed by atoms with E-state index in [0.717, 1.165) is 26.4 Å². The number of hydrogen-bond donors (Lipinski definition) is 2. The Morgan fingerprint density at radius 3 is 2.50 bits per heavy atom. The molecule has 0 aliphatic carbocycles. The molecule has 0 amide bonds. The van der Waals surface area contributed by atoms with Crippen molar-refractivity contribution < 1.29 is 29.3 Å². The van der Waals surface area contributed by atoms with E-state index in [1.165, 1.54) is 18.9 Å². The predicted octanol–water partition coefficient (Wildman–Crippen LogP) is 3.79. The summed E-state index contributed by atoms with van der Waals surface area (Å²) in [5.41, 5.74) is -1.24. The number of unbranched alkanes of at least 4 members (excludes halogenated alkanes) is 2. The SMILES string of the molecule is COC(=O)CC(O)(CSCCCCCC(O)c1ccc(Cl)cc1Cl)C(=O)OC. The van der Waals surface area contributed by atoms with Crippen LogP contribution in [-0.2, 0) is 19.1 Å². The minimum absolute atomic E-state index is 0.0395. The van der Waals surface area contributed by atoms with Crippen LogP contribution in [0.3, 0.4) is 0 Å². The second kappa shape index (κ2) is 12.5. The molecule has 2 N–H and O–H groups in total. The summed E-state index contributed by atoms with van der Waals surface area (Å²) in [4.78, 5) is 23.2. The number of thioether (sulfide) groups is 1. The summed E-state index contributed by atoms with van der Waals surface area (Å²) in [5.74, 6) is -0.799. The number of rotatable bonds is 12. The van der Waals surface area contributed by atoms with Crippen LogP contribution in [0.25, 0.3) is 0 Å². The van der Waals surface area contributed by atoms with E-state index in [9.17, 15) is 19.8 Å². The van der Waals surface area contributed by atoms with Gasteiger partial charge < -0.3 is 19.7 Å². The van der Waals surface area contributed by atoms with Crippen molar-refractivity contribution in [2.75, 3.05) is 25.7 Å². The average Bonchev–Trinajstić information content (AvgIpc) is 2.66. The Balaban J connectivity index is 2.32. The van der Waals surface area contributed by atoms with E-state index in [1.807, 2.05) is 0 Å². The fourth-order valence-electron chi connectivity index (χ4n) is 2.57. The third-order valence-electron chi connectivity index (χ3n) is 4.16. The van der Waals surface area contributed by atoms with Gasteiger partial charge in [0.15, 0.2) is 5.60 Å². The van der Waals surface area contributed by atoms with Crippen LogP contribution < -0.4 is 0 Å². The Morgan fingerprint density at radius 2 is 1.89 bits per heavy atom. The number of carbonyl (C=O) groups excluding carboxylic acids is 2. The molecule has 0 aliphatic heterocycles. The van der Waals surface area contributed by atoms with E-state index in [0.29, 0.717) is 27.8 Å². The van der Waals surface area contributed by atoms with Crippen LogP contribution in [0.2, 0.25) is 10.0 Å². The van der Waals surface area contributed by atoms with Gasteiger partial charge in [-0.25, -0.2) is 4.79 Å². The monoisotopic (exact) mass is 452 g/mol. The molecule has 1 rings (SSSR count). The van der Waals surface area contributed by atoms with Crippen LogP contribution in [0.4, 0.5) is 0 Å². The molecule has 9 heteroatoms. The number of carbonyl (C=O) groups is 2. The molecule has 2 atom stereocenters. The van der Waals surface area contributed by atoms with E-state index in [1.54, 1.807) is 18.2 Å². The summed E-state index contributed by atoms with van der Waals surface area (Å²) in [6.45, 7) is 0. The molecule has 0 spiro atoms. The maximum Gasteiger partial charge on any atom is 0.339 e. The molecule has 0 bridgehead atoms. The zero-order valence-electron chi connectivity index (χ0n) is 16.0. The topological polar surface area (TPSA) is 93.1 Å². The minimum Gasteiger partial charge on any atom is -0.469 e. The molecule has 1 aromatic rings. The molecule has 0 aromatic heterocycles. The first kappa shape index (κ1) is 25.0. The lowest BCUT2D eigenvalue weighted by Gasteiger charge is -2.23. The second-order valence-corrected chi connectivity index (χ2v) is 8.31. The number of aliphatic hydroxyl groups excluding tert-OH is 1. The summed E-state index contributed by atoms with van der Waals surface area (Å²) in [7, 11) is 2.35. The van der Waals surface area contributed by atoms with Crippen molar-refractivity contribution in [1.29, 1.82) is 0 Å². The Hall–Kier alpha value is -0.990. The van der Waals surface area contributed by atoms with Crippen LogP contribution in [0.15, 0.2) is 18.2 Å². The lowest BCUT2D eigenvalue weighted by atomic mass is 10.0. The molecule has 28 heavy (non-hydrogen) atoms. The van der Waals surface area contributed by atoms with Crippen molar-refractivity contribution in [2.24, 2.45) is 0 Å². The van der Waals surface area contributed by atoms with Crippen LogP contribution in [0.5, 0.6) is 0 Å². The van der Waals surface area contributed by atoms with Crippen molar-refractivity contribution in [2.45, 2.75) is 43.8 Å². The number of methoxy groups -OCH3 is 2. The van der Waals surface area contributed by atoms with Crippen molar-refractivity contribution >= 4 is 46.9 Å². The lowest BCUT2D eigenvalue weighted by Crippen LogP contribution is -2.44. The standard InChI is InChI=1S/C19H26Cl2O6S/c1-26-17(23)11-19(25,18(24)27-2)12-28-9-5-3-4-6-16(22)14-8-7-13(20)10-15(14)21/h7-8,10,16,22,25H,3-6,9,11-12H2,1-2H3. The van der Waals surface area contributed by atoms with Crippen LogP contribution in [0.1, 0.15) is 43.8 Å².